The molecule has 0 fully saturated rings. The van der Waals surface area contributed by atoms with Gasteiger partial charge in [-0.2, -0.15) is 10.2 Å². The Kier molecular flexibility index (Phi) is 4.10. The van der Waals surface area contributed by atoms with Gasteiger partial charge in [0.2, 0.25) is 0 Å². The molecule has 0 radical (unpaired) electrons. The van der Waals surface area contributed by atoms with Crippen molar-refractivity contribution < 1.29 is 8.42 Å². The van der Waals surface area contributed by atoms with Crippen LogP contribution in [0.1, 0.15) is 5.56 Å². The molecule has 120 valence electrons. The number of rotatable bonds is 5. The van der Waals surface area contributed by atoms with Gasteiger partial charge in [-0.1, -0.05) is 23.7 Å². The molecule has 0 aliphatic heterocycles. The molecule has 0 amide bonds. The molecular formula is C14H14ClN5O2S. The molecule has 0 bridgehead atoms. The topological polar surface area (TPSA) is 81.8 Å². The van der Waals surface area contributed by atoms with Crippen molar-refractivity contribution in [3.63, 3.8) is 0 Å². The largest absolute Gasteiger partial charge is 0.276 e. The second kappa shape index (κ2) is 6.05. The van der Waals surface area contributed by atoms with Gasteiger partial charge in [0.25, 0.3) is 10.0 Å². The summed E-state index contributed by atoms with van der Waals surface area (Å²) in [5.74, 6) is 0. The van der Waals surface area contributed by atoms with Crippen LogP contribution in [0.5, 0.6) is 0 Å². The summed E-state index contributed by atoms with van der Waals surface area (Å²) in [6, 6.07) is 7.41. The van der Waals surface area contributed by atoms with Gasteiger partial charge < -0.3 is 0 Å². The lowest BCUT2D eigenvalue weighted by atomic mass is 10.2. The third-order valence-corrected chi connectivity index (χ3v) is 4.68. The number of anilines is 1. The Morgan fingerprint density at radius 1 is 1.22 bits per heavy atom. The van der Waals surface area contributed by atoms with E-state index in [1.54, 1.807) is 24.0 Å². The summed E-state index contributed by atoms with van der Waals surface area (Å²) in [6.45, 7) is 0.495. The number of sulfonamides is 1. The van der Waals surface area contributed by atoms with E-state index in [-0.39, 0.29) is 4.90 Å². The van der Waals surface area contributed by atoms with Gasteiger partial charge in [0, 0.05) is 24.5 Å². The van der Waals surface area contributed by atoms with Crippen LogP contribution in [0.3, 0.4) is 0 Å². The average Bonchev–Trinajstić information content (AvgIpc) is 3.08. The highest BCUT2D eigenvalue weighted by molar-refractivity contribution is 7.92. The summed E-state index contributed by atoms with van der Waals surface area (Å²) in [5, 5.41) is 8.65. The van der Waals surface area contributed by atoms with Gasteiger partial charge in [-0.25, -0.2) is 8.42 Å². The summed E-state index contributed by atoms with van der Waals surface area (Å²) in [7, 11) is -2.01. The van der Waals surface area contributed by atoms with E-state index in [2.05, 4.69) is 14.9 Å². The number of halogens is 1. The minimum atomic E-state index is -3.67. The van der Waals surface area contributed by atoms with Crippen LogP contribution in [0.15, 0.2) is 53.9 Å². The molecule has 0 aliphatic rings. The van der Waals surface area contributed by atoms with Crippen LogP contribution in [-0.2, 0) is 23.6 Å². The van der Waals surface area contributed by atoms with E-state index in [0.717, 1.165) is 5.56 Å². The predicted octanol–water partition coefficient (Wildman–Crippen LogP) is 2.12. The lowest BCUT2D eigenvalue weighted by molar-refractivity contribution is 0.601. The van der Waals surface area contributed by atoms with Crippen molar-refractivity contribution in [1.82, 2.24) is 19.6 Å². The Hall–Kier alpha value is -2.32. The fourth-order valence-corrected chi connectivity index (χ4v) is 3.30. The first-order chi connectivity index (χ1) is 10.9. The molecule has 1 N–H and O–H groups in total. The molecule has 0 spiro atoms. The van der Waals surface area contributed by atoms with Gasteiger partial charge in [0.05, 0.1) is 24.6 Å². The molecule has 0 saturated heterocycles. The molecule has 0 saturated carbocycles. The highest BCUT2D eigenvalue weighted by Crippen LogP contribution is 2.16. The molecule has 23 heavy (non-hydrogen) atoms. The fraction of sp³-hybridized carbons (Fsp3) is 0.143. The Morgan fingerprint density at radius 3 is 2.74 bits per heavy atom. The number of benzene rings is 1. The first-order valence-corrected chi connectivity index (χ1v) is 8.57. The standard InChI is InChI=1S/C14H14ClN5O2S/c1-19-10-14(7-16-19)23(21,22)18-13-6-17-20(9-13)8-11-3-2-4-12(15)5-11/h2-7,9-10,18H,8H2,1H3. The third-order valence-electron chi connectivity index (χ3n) is 3.11. The summed E-state index contributed by atoms with van der Waals surface area (Å²) >= 11 is 5.94. The van der Waals surface area contributed by atoms with Crippen molar-refractivity contribution in [2.45, 2.75) is 11.4 Å². The molecule has 3 rings (SSSR count). The summed E-state index contributed by atoms with van der Waals surface area (Å²) < 4.78 is 30.0. The maximum Gasteiger partial charge on any atom is 0.265 e. The van der Waals surface area contributed by atoms with Crippen LogP contribution < -0.4 is 4.72 Å². The second-order valence-corrected chi connectivity index (χ2v) is 7.13. The van der Waals surface area contributed by atoms with Gasteiger partial charge >= 0.3 is 0 Å². The fourth-order valence-electron chi connectivity index (χ4n) is 2.08. The number of nitrogens with one attached hydrogen (secondary N) is 1. The Labute approximate surface area is 138 Å². The minimum Gasteiger partial charge on any atom is -0.276 e. The predicted molar refractivity (Wildman–Crippen MR) is 86.8 cm³/mol. The van der Waals surface area contributed by atoms with Crippen LogP contribution in [0.4, 0.5) is 5.69 Å². The van der Waals surface area contributed by atoms with Gasteiger partial charge in [-0.05, 0) is 17.7 Å². The number of nitrogens with zero attached hydrogens (tertiary/aromatic N) is 4. The molecule has 0 unspecified atom stereocenters. The zero-order valence-corrected chi connectivity index (χ0v) is 13.8. The minimum absolute atomic E-state index is 0.0996. The maximum absolute atomic E-state index is 12.2. The van der Waals surface area contributed by atoms with Crippen molar-refractivity contribution in [3.8, 4) is 0 Å². The highest BCUT2D eigenvalue weighted by atomic mass is 35.5. The van der Waals surface area contributed by atoms with Gasteiger partial charge in [0.15, 0.2) is 0 Å². The zero-order valence-electron chi connectivity index (χ0n) is 12.2. The van der Waals surface area contributed by atoms with E-state index in [4.69, 9.17) is 11.6 Å². The van der Waals surface area contributed by atoms with E-state index < -0.39 is 10.0 Å². The van der Waals surface area contributed by atoms with Gasteiger partial charge in [-0.15, -0.1) is 0 Å². The van der Waals surface area contributed by atoms with E-state index >= 15 is 0 Å². The summed E-state index contributed by atoms with van der Waals surface area (Å²) in [6.07, 6.45) is 5.80. The lowest BCUT2D eigenvalue weighted by Gasteiger charge is -2.03. The molecule has 7 nitrogen and oxygen atoms in total. The van der Waals surface area contributed by atoms with E-state index in [9.17, 15) is 8.42 Å². The monoisotopic (exact) mass is 351 g/mol. The highest BCUT2D eigenvalue weighted by Gasteiger charge is 2.17. The quantitative estimate of drug-likeness (QED) is 0.763. The normalized spacial score (nSPS) is 11.6. The molecule has 3 aromatic rings. The Bertz CT molecular complexity index is 932. The first-order valence-electron chi connectivity index (χ1n) is 6.71. The number of hydrogen-bond acceptors (Lipinski definition) is 4. The number of hydrogen-bond donors (Lipinski definition) is 1. The zero-order chi connectivity index (χ0) is 16.4. The van der Waals surface area contributed by atoms with E-state index in [0.29, 0.717) is 17.3 Å². The van der Waals surface area contributed by atoms with Gasteiger partial charge in [-0.3, -0.25) is 14.1 Å². The van der Waals surface area contributed by atoms with E-state index in [1.807, 2.05) is 18.2 Å². The van der Waals surface area contributed by atoms with E-state index in [1.165, 1.54) is 23.3 Å². The molecular weight excluding hydrogens is 338 g/mol. The molecule has 2 aromatic heterocycles. The van der Waals surface area contributed by atoms with Crippen molar-refractivity contribution in [2.75, 3.05) is 4.72 Å². The molecule has 0 atom stereocenters. The van der Waals surface area contributed by atoms with Crippen LogP contribution in [0, 0.1) is 0 Å². The smallest absolute Gasteiger partial charge is 0.265 e. The van der Waals surface area contributed by atoms with Crippen LogP contribution in [0.25, 0.3) is 0 Å². The first kappa shape index (κ1) is 15.6. The van der Waals surface area contributed by atoms with Crippen molar-refractivity contribution >= 4 is 27.3 Å². The Balaban J connectivity index is 1.74. The van der Waals surface area contributed by atoms with Gasteiger partial charge in [0.1, 0.15) is 4.90 Å². The van der Waals surface area contributed by atoms with Crippen molar-refractivity contribution in [3.05, 3.63) is 59.6 Å². The second-order valence-electron chi connectivity index (χ2n) is 5.01. The SMILES string of the molecule is Cn1cc(S(=O)(=O)Nc2cnn(Cc3cccc(Cl)c3)c2)cn1. The molecule has 0 aliphatic carbocycles. The third kappa shape index (κ3) is 3.72. The number of aryl methyl sites for hydroxylation is 1. The van der Waals surface area contributed by atoms with Crippen LogP contribution in [-0.4, -0.2) is 28.0 Å². The molecule has 9 heteroatoms. The summed E-state index contributed by atoms with van der Waals surface area (Å²) in [5.41, 5.74) is 1.36. The summed E-state index contributed by atoms with van der Waals surface area (Å²) in [4.78, 5) is 0.0996. The maximum atomic E-state index is 12.2. The Morgan fingerprint density at radius 2 is 2.04 bits per heavy atom. The molecule has 2 heterocycles. The van der Waals surface area contributed by atoms with Crippen LogP contribution in [0.2, 0.25) is 5.02 Å². The average molecular weight is 352 g/mol. The van der Waals surface area contributed by atoms with Crippen molar-refractivity contribution in [1.29, 1.82) is 0 Å². The molecule has 1 aromatic carbocycles. The number of aromatic nitrogens is 4. The lowest BCUT2D eigenvalue weighted by Crippen LogP contribution is -2.11. The van der Waals surface area contributed by atoms with Crippen molar-refractivity contribution in [2.24, 2.45) is 7.05 Å². The van der Waals surface area contributed by atoms with Crippen LogP contribution >= 0.6 is 11.6 Å².